The summed E-state index contributed by atoms with van der Waals surface area (Å²) < 4.78 is 33.1. The Bertz CT molecular complexity index is 1100. The Labute approximate surface area is 330 Å². The molecule has 0 radical (unpaired) electrons. The molecule has 8 nitrogen and oxygen atoms in total. The van der Waals surface area contributed by atoms with Crippen molar-refractivity contribution in [1.29, 1.82) is 0 Å². The van der Waals surface area contributed by atoms with Gasteiger partial charge in [0.1, 0.15) is 6.61 Å². The Hall–Kier alpha value is -2.48. The van der Waals surface area contributed by atoms with Crippen LogP contribution in [0.25, 0.3) is 0 Å². The number of phosphoric ester groups is 1. The molecule has 0 aliphatic carbocycles. The monoisotopic (exact) mass is 776 g/mol. The Morgan fingerprint density at radius 3 is 1.54 bits per heavy atom. The largest absolute Gasteiger partial charge is 0.492 e. The normalized spacial score (nSPS) is 14.3. The summed E-state index contributed by atoms with van der Waals surface area (Å²) in [5.41, 5.74) is 5.36. The van der Waals surface area contributed by atoms with Crippen LogP contribution in [0, 0.1) is 0 Å². The molecule has 0 heterocycles. The Morgan fingerprint density at radius 2 is 1.06 bits per heavy atom. The lowest BCUT2D eigenvalue weighted by Crippen LogP contribution is -2.25. The molecule has 0 aliphatic heterocycles. The number of esters is 1. The molecule has 9 heteroatoms. The van der Waals surface area contributed by atoms with Crippen molar-refractivity contribution in [3.05, 3.63) is 85.3 Å². The zero-order valence-electron chi connectivity index (χ0n) is 34.2. The average Bonchev–Trinajstić information content (AvgIpc) is 3.16. The van der Waals surface area contributed by atoms with Crippen molar-refractivity contribution in [3.63, 3.8) is 0 Å². The highest BCUT2D eigenvalue weighted by atomic mass is 31.2. The van der Waals surface area contributed by atoms with Crippen molar-refractivity contribution in [2.24, 2.45) is 5.73 Å². The summed E-state index contributed by atoms with van der Waals surface area (Å²) in [6.07, 6.45) is 54.3. The van der Waals surface area contributed by atoms with E-state index in [4.69, 9.17) is 24.3 Å². The van der Waals surface area contributed by atoms with Crippen LogP contribution in [0.3, 0.4) is 0 Å². The van der Waals surface area contributed by atoms with E-state index in [1.807, 2.05) is 18.2 Å². The first-order chi connectivity index (χ1) is 26.4. The summed E-state index contributed by atoms with van der Waals surface area (Å²) in [6.45, 7) is 4.00. The Morgan fingerprint density at radius 1 is 0.593 bits per heavy atom. The molecule has 310 valence electrons. The third-order valence-electron chi connectivity index (χ3n) is 8.43. The maximum Gasteiger partial charge on any atom is 0.472 e. The molecule has 2 atom stereocenters. The van der Waals surface area contributed by atoms with E-state index in [9.17, 15) is 14.3 Å². The predicted molar refractivity (Wildman–Crippen MR) is 228 cm³/mol. The molecule has 0 saturated carbocycles. The summed E-state index contributed by atoms with van der Waals surface area (Å²) in [7, 11) is -4.29. The van der Waals surface area contributed by atoms with Gasteiger partial charge >= 0.3 is 13.8 Å². The van der Waals surface area contributed by atoms with Gasteiger partial charge in [-0.15, -0.1) is 0 Å². The number of hydrogen-bond donors (Lipinski definition) is 2. The molecule has 3 N–H and O–H groups in total. The van der Waals surface area contributed by atoms with E-state index in [0.29, 0.717) is 6.42 Å². The fourth-order valence-electron chi connectivity index (χ4n) is 5.30. The maximum atomic E-state index is 12.4. The van der Waals surface area contributed by atoms with Gasteiger partial charge in [0.05, 0.1) is 19.5 Å². The van der Waals surface area contributed by atoms with Crippen molar-refractivity contribution in [1.82, 2.24) is 0 Å². The highest BCUT2D eigenvalue weighted by Crippen LogP contribution is 2.43. The van der Waals surface area contributed by atoms with Crippen LogP contribution in [0.1, 0.15) is 162 Å². The number of carbonyl (C=O) groups is 1. The van der Waals surface area contributed by atoms with Crippen molar-refractivity contribution in [2.45, 2.75) is 168 Å². The second-order valence-corrected chi connectivity index (χ2v) is 15.0. The molecule has 0 aromatic rings. The summed E-state index contributed by atoms with van der Waals surface area (Å²) in [5.74, 6) is -0.374. The van der Waals surface area contributed by atoms with E-state index in [0.717, 1.165) is 51.4 Å². The lowest BCUT2D eigenvalue weighted by molar-refractivity contribution is -0.147. The van der Waals surface area contributed by atoms with Crippen LogP contribution in [-0.4, -0.2) is 43.3 Å². The molecule has 54 heavy (non-hydrogen) atoms. The fraction of sp³-hybridized carbons (Fsp3) is 0.667. The van der Waals surface area contributed by atoms with Crippen LogP contribution in [0.15, 0.2) is 85.3 Å². The fourth-order valence-corrected chi connectivity index (χ4v) is 6.06. The zero-order chi connectivity index (χ0) is 39.5. The molecule has 0 aromatic heterocycles. The third-order valence-corrected chi connectivity index (χ3v) is 9.41. The third kappa shape index (κ3) is 40.7. The van der Waals surface area contributed by atoms with Gasteiger partial charge in [0.2, 0.25) is 0 Å². The molecule has 0 aromatic carbocycles. The zero-order valence-corrected chi connectivity index (χ0v) is 35.1. The molecular weight excluding hydrogens is 697 g/mol. The van der Waals surface area contributed by atoms with Crippen molar-refractivity contribution in [3.8, 4) is 0 Å². The van der Waals surface area contributed by atoms with Gasteiger partial charge < -0.3 is 20.1 Å². The SMILES string of the molecule is CCC=CCC=CCC=CCC=CCC=CCC=CCCC(=O)OC[C@H](COP(=O)(O)OCCN)OC=CCCCCCCCCCCCCCCCC. The lowest BCUT2D eigenvalue weighted by atomic mass is 10.0. The molecule has 0 amide bonds. The van der Waals surface area contributed by atoms with Gasteiger partial charge in [-0.05, 0) is 63.9 Å². The van der Waals surface area contributed by atoms with Crippen LogP contribution in [0.2, 0.25) is 0 Å². The van der Waals surface area contributed by atoms with E-state index < -0.39 is 13.9 Å². The first-order valence-corrected chi connectivity index (χ1v) is 22.6. The van der Waals surface area contributed by atoms with Crippen LogP contribution < -0.4 is 5.73 Å². The quantitative estimate of drug-likeness (QED) is 0.0208. The standard InChI is InChI=1S/C45H78NO7P/c1-3-5-7-9-11-13-15-17-19-21-22-23-24-26-28-30-32-34-36-38-45(47)51-42-44(43-53-54(48,49)52-41-39-46)50-40-37-35-33-31-29-27-25-20-18-16-14-12-10-8-6-4-2/h5,7,11,13,17,19,22-23,26,28,32,34,37,40,44H,3-4,6,8-10,12,14-16,18,20-21,24-25,27,29-31,33,35-36,38-39,41-43,46H2,1-2H3,(H,48,49)/t44-/m1/s1. The minimum absolute atomic E-state index is 0.0875. The second-order valence-electron chi connectivity index (χ2n) is 13.5. The molecular formula is C45H78NO7P. The van der Waals surface area contributed by atoms with Crippen LogP contribution in [0.5, 0.6) is 0 Å². The molecule has 0 rings (SSSR count). The van der Waals surface area contributed by atoms with Gasteiger partial charge in [0.15, 0.2) is 6.10 Å². The van der Waals surface area contributed by atoms with Crippen LogP contribution in [0.4, 0.5) is 0 Å². The van der Waals surface area contributed by atoms with Crippen molar-refractivity contribution in [2.75, 3.05) is 26.4 Å². The summed E-state index contributed by atoms with van der Waals surface area (Å²) in [4.78, 5) is 22.2. The smallest absolute Gasteiger partial charge is 0.472 e. The molecule has 0 spiro atoms. The van der Waals surface area contributed by atoms with E-state index in [1.165, 1.54) is 83.5 Å². The van der Waals surface area contributed by atoms with Gasteiger partial charge in [0.25, 0.3) is 0 Å². The number of unbranched alkanes of at least 4 members (excludes halogenated alkanes) is 14. The van der Waals surface area contributed by atoms with E-state index in [-0.39, 0.29) is 38.8 Å². The van der Waals surface area contributed by atoms with Crippen molar-refractivity contribution < 1.29 is 32.8 Å². The highest BCUT2D eigenvalue weighted by molar-refractivity contribution is 7.47. The van der Waals surface area contributed by atoms with Crippen LogP contribution >= 0.6 is 7.82 Å². The van der Waals surface area contributed by atoms with Crippen LogP contribution in [-0.2, 0) is 27.9 Å². The van der Waals surface area contributed by atoms with E-state index >= 15 is 0 Å². The highest BCUT2D eigenvalue weighted by Gasteiger charge is 2.24. The first kappa shape index (κ1) is 51.5. The minimum atomic E-state index is -4.29. The summed E-state index contributed by atoms with van der Waals surface area (Å²) in [6, 6.07) is 0. The van der Waals surface area contributed by atoms with E-state index in [1.54, 1.807) is 6.26 Å². The van der Waals surface area contributed by atoms with Crippen molar-refractivity contribution >= 4 is 13.8 Å². The van der Waals surface area contributed by atoms with Gasteiger partial charge in [-0.25, -0.2) is 4.57 Å². The maximum absolute atomic E-state index is 12.4. The molecule has 0 aliphatic rings. The molecule has 0 fully saturated rings. The van der Waals surface area contributed by atoms with Gasteiger partial charge in [-0.1, -0.05) is 170 Å². The van der Waals surface area contributed by atoms with E-state index in [2.05, 4.69) is 74.6 Å². The number of nitrogens with two attached hydrogens (primary N) is 1. The van der Waals surface area contributed by atoms with Gasteiger partial charge in [0, 0.05) is 13.0 Å². The number of allylic oxidation sites excluding steroid dienone is 13. The summed E-state index contributed by atoms with van der Waals surface area (Å²) in [5, 5.41) is 0. The van der Waals surface area contributed by atoms with Gasteiger partial charge in [-0.3, -0.25) is 13.8 Å². The topological polar surface area (TPSA) is 117 Å². The molecule has 0 bridgehead atoms. The number of hydrogen-bond acceptors (Lipinski definition) is 7. The predicted octanol–water partition coefficient (Wildman–Crippen LogP) is 12.9. The lowest BCUT2D eigenvalue weighted by Gasteiger charge is -2.19. The number of rotatable bonds is 39. The molecule has 1 unspecified atom stereocenters. The van der Waals surface area contributed by atoms with Gasteiger partial charge in [-0.2, -0.15) is 0 Å². The average molecular weight is 776 g/mol. The number of carbonyl (C=O) groups excluding carboxylic acids is 1. The summed E-state index contributed by atoms with van der Waals surface area (Å²) >= 11 is 0. The number of ether oxygens (including phenoxy) is 2. The molecule has 0 saturated heterocycles. The Balaban J connectivity index is 4.23. The second kappa shape index (κ2) is 41.7. The number of phosphoric acid groups is 1. The Kier molecular flexibility index (Phi) is 39.8. The first-order valence-electron chi connectivity index (χ1n) is 21.1. The minimum Gasteiger partial charge on any atom is -0.492 e.